The van der Waals surface area contributed by atoms with Crippen molar-refractivity contribution in [3.8, 4) is 16.9 Å². The first-order valence-electron chi connectivity index (χ1n) is 13.6. The number of carboxylic acids is 3. The van der Waals surface area contributed by atoms with E-state index in [-0.39, 0.29) is 18.6 Å². The van der Waals surface area contributed by atoms with E-state index < -0.39 is 60.0 Å². The van der Waals surface area contributed by atoms with Crippen LogP contribution in [0.2, 0.25) is 0 Å². The summed E-state index contributed by atoms with van der Waals surface area (Å²) in [5, 5.41) is 29.5. The minimum absolute atomic E-state index is 0.0593. The number of nitrogens with zero attached hydrogens (tertiary/aromatic N) is 2. The number of pyridine rings is 1. The fourth-order valence-electron chi connectivity index (χ4n) is 3.45. The average Bonchev–Trinajstić information content (AvgIpc) is 3.40. The van der Waals surface area contributed by atoms with Crippen LogP contribution in [0.15, 0.2) is 54.9 Å². The summed E-state index contributed by atoms with van der Waals surface area (Å²) >= 11 is 0. The van der Waals surface area contributed by atoms with E-state index in [2.05, 4.69) is 15.2 Å². The van der Waals surface area contributed by atoms with Gasteiger partial charge in [-0.3, -0.25) is 10.1 Å². The number of aliphatic carboxylic acids is 3. The number of fused-ring (bicyclic) bond motifs is 1. The molecule has 0 amide bonds. The highest BCUT2D eigenvalue weighted by atomic mass is 19.4. The van der Waals surface area contributed by atoms with Gasteiger partial charge in [-0.1, -0.05) is 12.1 Å². The number of rotatable bonds is 6. The topological polar surface area (TPSA) is 189 Å². The van der Waals surface area contributed by atoms with Gasteiger partial charge in [-0.2, -0.15) is 57.8 Å². The minimum atomic E-state index is -5.08. The average molecular weight is 786 g/mol. The Morgan fingerprint density at radius 2 is 1.28 bits per heavy atom. The van der Waals surface area contributed by atoms with Gasteiger partial charge in [0.25, 0.3) is 0 Å². The number of hydrogen-bond acceptors (Lipinski definition) is 7. The molecule has 292 valence electrons. The molecule has 0 fully saturated rings. The SMILES string of the molecule is Cc1[nH]nc2ccc(-c3cncc(OC[C@@H](N)Cc4ccc(F)c(C(F)(F)F)c4)c3)cc12.O=C(O)C(F)(F)F.O=C(O)C(F)(F)F.O=C(O)C(F)(F)F. The zero-order valence-corrected chi connectivity index (χ0v) is 26.0. The standard InChI is InChI=1S/C23H20F4N4O.3C2HF3O2/c1-13-19-9-15(3-5-22(19)31-30-13)16-8-18(11-29-10-16)32-12-17(28)6-14-2-4-21(24)20(7-14)23(25,26)27;3*3-2(4,5)1(6)7/h2-5,7-11,17H,6,12,28H2,1H3,(H,30,31);3*(H,6,7)/t17-;;;/m0.../s1. The summed E-state index contributed by atoms with van der Waals surface area (Å²) in [5.41, 5.74) is 8.63. The molecule has 0 aliphatic rings. The smallest absolute Gasteiger partial charge is 0.490 e. The van der Waals surface area contributed by atoms with Crippen molar-refractivity contribution in [2.24, 2.45) is 5.73 Å². The van der Waals surface area contributed by atoms with E-state index in [4.69, 9.17) is 40.2 Å². The number of alkyl halides is 12. The molecule has 4 aromatic rings. The Labute approximate surface area is 286 Å². The zero-order valence-electron chi connectivity index (χ0n) is 26.0. The van der Waals surface area contributed by atoms with Crippen molar-refractivity contribution < 1.29 is 91.5 Å². The Kier molecular flexibility index (Phi) is 15.6. The van der Waals surface area contributed by atoms with Gasteiger partial charge >= 0.3 is 42.6 Å². The van der Waals surface area contributed by atoms with Gasteiger partial charge in [0.05, 0.1) is 17.3 Å². The third kappa shape index (κ3) is 15.6. The second-order valence-electron chi connectivity index (χ2n) is 9.99. The summed E-state index contributed by atoms with van der Waals surface area (Å²) in [4.78, 5) is 30.9. The van der Waals surface area contributed by atoms with Crippen LogP contribution in [0.5, 0.6) is 5.75 Å². The van der Waals surface area contributed by atoms with E-state index in [9.17, 15) is 57.1 Å². The van der Waals surface area contributed by atoms with Gasteiger partial charge in [0.1, 0.15) is 18.2 Å². The molecule has 2 aromatic heterocycles. The Bertz CT molecular complexity index is 1800. The number of halogens is 13. The zero-order chi connectivity index (χ0) is 41.1. The molecule has 2 heterocycles. The first-order valence-corrected chi connectivity index (χ1v) is 13.6. The van der Waals surface area contributed by atoms with Crippen molar-refractivity contribution in [2.75, 3.05) is 6.61 Å². The van der Waals surface area contributed by atoms with Crippen LogP contribution < -0.4 is 10.5 Å². The lowest BCUT2D eigenvalue weighted by molar-refractivity contribution is -0.193. The molecule has 0 spiro atoms. The Morgan fingerprint density at radius 3 is 1.75 bits per heavy atom. The molecule has 24 heteroatoms. The summed E-state index contributed by atoms with van der Waals surface area (Å²) in [6.45, 7) is 2.00. The maximum absolute atomic E-state index is 13.5. The van der Waals surface area contributed by atoms with Gasteiger partial charge in [0, 0.05) is 28.9 Å². The molecule has 6 N–H and O–H groups in total. The van der Waals surface area contributed by atoms with Gasteiger partial charge < -0.3 is 25.8 Å². The van der Waals surface area contributed by atoms with Crippen molar-refractivity contribution in [3.63, 3.8) is 0 Å². The van der Waals surface area contributed by atoms with E-state index in [0.29, 0.717) is 5.75 Å². The van der Waals surface area contributed by atoms with Crippen LogP contribution in [0.1, 0.15) is 16.8 Å². The molecule has 1 atom stereocenters. The molecule has 11 nitrogen and oxygen atoms in total. The van der Waals surface area contributed by atoms with Crippen LogP contribution >= 0.6 is 0 Å². The number of carbonyl (C=O) groups is 3. The van der Waals surface area contributed by atoms with Crippen molar-refractivity contribution in [1.82, 2.24) is 15.2 Å². The van der Waals surface area contributed by atoms with Crippen LogP contribution in [0, 0.1) is 12.7 Å². The van der Waals surface area contributed by atoms with Crippen molar-refractivity contribution in [1.29, 1.82) is 0 Å². The minimum Gasteiger partial charge on any atom is -0.490 e. The van der Waals surface area contributed by atoms with E-state index in [0.717, 1.165) is 39.9 Å². The first-order chi connectivity index (χ1) is 24.0. The third-order valence-electron chi connectivity index (χ3n) is 5.82. The van der Waals surface area contributed by atoms with E-state index >= 15 is 0 Å². The monoisotopic (exact) mass is 786 g/mol. The quantitative estimate of drug-likeness (QED) is 0.128. The molecule has 4 rings (SSSR count). The fourth-order valence-corrected chi connectivity index (χ4v) is 3.45. The van der Waals surface area contributed by atoms with Gasteiger partial charge in [0.2, 0.25) is 0 Å². The second-order valence-corrected chi connectivity index (χ2v) is 9.99. The number of hydrogen-bond donors (Lipinski definition) is 5. The molecule has 0 radical (unpaired) electrons. The van der Waals surface area contributed by atoms with Gasteiger partial charge in [-0.05, 0) is 54.8 Å². The molecule has 0 saturated carbocycles. The van der Waals surface area contributed by atoms with Crippen LogP contribution in [0.3, 0.4) is 0 Å². The maximum atomic E-state index is 13.5. The Morgan fingerprint density at radius 1 is 0.774 bits per heavy atom. The van der Waals surface area contributed by atoms with Crippen molar-refractivity contribution in [3.05, 3.63) is 77.5 Å². The van der Waals surface area contributed by atoms with E-state index in [1.54, 1.807) is 6.20 Å². The number of nitrogens with two attached hydrogens (primary N) is 1. The molecule has 0 saturated heterocycles. The highest BCUT2D eigenvalue weighted by molar-refractivity contribution is 5.86. The molecule has 2 aromatic carbocycles. The summed E-state index contributed by atoms with van der Waals surface area (Å²) in [6, 6.07) is 9.96. The van der Waals surface area contributed by atoms with Gasteiger partial charge in [-0.15, -0.1) is 0 Å². The largest absolute Gasteiger partial charge is 0.490 e. The van der Waals surface area contributed by atoms with E-state index in [1.165, 1.54) is 12.3 Å². The normalized spacial score (nSPS) is 12.2. The molecule has 0 aliphatic heterocycles. The second kappa shape index (κ2) is 18.2. The number of nitrogens with one attached hydrogen (secondary N) is 1. The number of H-pyrrole nitrogens is 1. The predicted molar refractivity (Wildman–Crippen MR) is 154 cm³/mol. The fraction of sp³-hybridized carbons (Fsp3) is 0.276. The molecule has 0 bridgehead atoms. The molecule has 0 unspecified atom stereocenters. The Hall–Kier alpha value is -5.68. The third-order valence-corrected chi connectivity index (χ3v) is 5.82. The van der Waals surface area contributed by atoms with Gasteiger partial charge in [0.15, 0.2) is 0 Å². The van der Waals surface area contributed by atoms with Crippen molar-refractivity contribution >= 4 is 28.8 Å². The maximum Gasteiger partial charge on any atom is 0.490 e. The number of aryl methyl sites for hydroxylation is 1. The molecule has 53 heavy (non-hydrogen) atoms. The Balaban J connectivity index is 0.000000545. The number of benzene rings is 2. The molecule has 0 aliphatic carbocycles. The molecular weight excluding hydrogens is 763 g/mol. The van der Waals surface area contributed by atoms with Crippen LogP contribution in [0.25, 0.3) is 22.0 Å². The number of aromatic nitrogens is 3. The molecular formula is C29H23F13N4O7. The number of ether oxygens (including phenoxy) is 1. The predicted octanol–water partition coefficient (Wildman–Crippen LogP) is 6.94. The summed E-state index contributed by atoms with van der Waals surface area (Å²) in [6.07, 6.45) is -16.7. The number of aromatic amines is 1. The summed E-state index contributed by atoms with van der Waals surface area (Å²) < 4.78 is 153. The summed E-state index contributed by atoms with van der Waals surface area (Å²) in [7, 11) is 0. The highest BCUT2D eigenvalue weighted by Gasteiger charge is 2.39. The first kappa shape index (κ1) is 45.3. The van der Waals surface area contributed by atoms with Crippen LogP contribution in [-0.4, -0.2) is 79.6 Å². The lowest BCUT2D eigenvalue weighted by atomic mass is 10.0. The highest BCUT2D eigenvalue weighted by Crippen LogP contribution is 2.32. The summed E-state index contributed by atoms with van der Waals surface area (Å²) in [5.74, 6) is -9.10. The van der Waals surface area contributed by atoms with E-state index in [1.807, 2.05) is 31.2 Å². The lowest BCUT2D eigenvalue weighted by Gasteiger charge is -2.15. The van der Waals surface area contributed by atoms with Gasteiger partial charge in [-0.25, -0.2) is 18.8 Å². The lowest BCUT2D eigenvalue weighted by Crippen LogP contribution is -2.30. The van der Waals surface area contributed by atoms with Crippen LogP contribution in [-0.2, 0) is 27.0 Å². The van der Waals surface area contributed by atoms with Crippen LogP contribution in [0.4, 0.5) is 57.1 Å². The van der Waals surface area contributed by atoms with Crippen molar-refractivity contribution in [2.45, 2.75) is 44.1 Å². The number of carboxylic acid groups (broad SMARTS) is 3.